The minimum Gasteiger partial charge on any atom is -0.493 e. The van der Waals surface area contributed by atoms with Crippen LogP contribution in [0.15, 0.2) is 30.5 Å². The van der Waals surface area contributed by atoms with Gasteiger partial charge in [0.25, 0.3) is 0 Å². The minimum atomic E-state index is 0.482. The zero-order chi connectivity index (χ0) is 13.9. The largest absolute Gasteiger partial charge is 0.493 e. The second-order valence-electron chi connectivity index (χ2n) is 5.21. The van der Waals surface area contributed by atoms with E-state index in [2.05, 4.69) is 41.6 Å². The maximum Gasteiger partial charge on any atom is 0.159 e. The van der Waals surface area contributed by atoms with E-state index in [0.717, 1.165) is 31.8 Å². The number of nitrogens with one attached hydrogen (secondary N) is 1. The summed E-state index contributed by atoms with van der Waals surface area (Å²) in [6, 6.07) is 8.70. The van der Waals surface area contributed by atoms with Gasteiger partial charge in [-0.3, -0.25) is 4.68 Å². The molecule has 4 nitrogen and oxygen atoms in total. The van der Waals surface area contributed by atoms with Gasteiger partial charge in [-0.05, 0) is 18.1 Å². The van der Waals surface area contributed by atoms with Crippen LogP contribution in [0, 0.1) is 0 Å². The number of hydrogen-bond acceptors (Lipinski definition) is 3. The molecular formula is C16H21N3O. The highest BCUT2D eigenvalue weighted by molar-refractivity contribution is 5.35. The normalized spacial score (nSPS) is 17.8. The average molecular weight is 271 g/mol. The minimum absolute atomic E-state index is 0.482. The lowest BCUT2D eigenvalue weighted by molar-refractivity contribution is 0.402. The molecule has 106 valence electrons. The topological polar surface area (TPSA) is 39.1 Å². The summed E-state index contributed by atoms with van der Waals surface area (Å²) in [6.45, 7) is 4.97. The lowest BCUT2D eigenvalue weighted by Crippen LogP contribution is -2.29. The molecule has 0 aliphatic carbocycles. The van der Waals surface area contributed by atoms with Crippen molar-refractivity contribution in [1.29, 1.82) is 0 Å². The molecule has 1 unspecified atom stereocenters. The van der Waals surface area contributed by atoms with Gasteiger partial charge < -0.3 is 10.1 Å². The van der Waals surface area contributed by atoms with Crippen molar-refractivity contribution in [2.45, 2.75) is 32.4 Å². The molecule has 0 amide bonds. The Labute approximate surface area is 119 Å². The van der Waals surface area contributed by atoms with Gasteiger partial charge in [0, 0.05) is 32.0 Å². The van der Waals surface area contributed by atoms with Crippen LogP contribution in [0.25, 0.3) is 0 Å². The predicted octanol–water partition coefficient (Wildman–Crippen LogP) is 2.34. The number of nitrogens with zero attached hydrogens (tertiary/aromatic N) is 2. The van der Waals surface area contributed by atoms with Gasteiger partial charge in [-0.1, -0.05) is 24.3 Å². The van der Waals surface area contributed by atoms with Crippen molar-refractivity contribution in [3.05, 3.63) is 47.3 Å². The van der Waals surface area contributed by atoms with Crippen molar-refractivity contribution in [2.75, 3.05) is 13.7 Å². The molecule has 0 saturated carbocycles. The van der Waals surface area contributed by atoms with Crippen molar-refractivity contribution in [1.82, 2.24) is 15.1 Å². The van der Waals surface area contributed by atoms with Crippen molar-refractivity contribution in [3.8, 4) is 5.75 Å². The van der Waals surface area contributed by atoms with Crippen LogP contribution in [0.5, 0.6) is 5.75 Å². The highest BCUT2D eigenvalue weighted by Gasteiger charge is 2.23. The first-order chi connectivity index (χ1) is 9.83. The Morgan fingerprint density at radius 2 is 2.25 bits per heavy atom. The summed E-state index contributed by atoms with van der Waals surface area (Å²) in [5.41, 5.74) is 4.06. The third kappa shape index (κ3) is 2.31. The molecule has 0 bridgehead atoms. The lowest BCUT2D eigenvalue weighted by Gasteiger charge is -2.26. The fourth-order valence-corrected chi connectivity index (χ4v) is 3.04. The number of aryl methyl sites for hydroxylation is 1. The SMILES string of the molecule is CCn1ncc(OC)c1CC1CNCc2ccccc21. The molecule has 0 radical (unpaired) electrons. The highest BCUT2D eigenvalue weighted by Crippen LogP contribution is 2.30. The maximum absolute atomic E-state index is 5.45. The van der Waals surface area contributed by atoms with Crippen LogP contribution < -0.4 is 10.1 Å². The molecule has 2 heterocycles. The van der Waals surface area contributed by atoms with E-state index < -0.39 is 0 Å². The summed E-state index contributed by atoms with van der Waals surface area (Å²) in [6.07, 6.45) is 2.78. The molecule has 4 heteroatoms. The first-order valence-corrected chi connectivity index (χ1v) is 7.20. The molecule has 1 atom stereocenters. The number of ether oxygens (including phenoxy) is 1. The first kappa shape index (κ1) is 13.2. The van der Waals surface area contributed by atoms with Gasteiger partial charge in [0.05, 0.1) is 19.0 Å². The third-order valence-corrected chi connectivity index (χ3v) is 4.07. The Morgan fingerprint density at radius 3 is 3.05 bits per heavy atom. The molecule has 1 aromatic carbocycles. The Morgan fingerprint density at radius 1 is 1.40 bits per heavy atom. The molecule has 3 rings (SSSR count). The van der Waals surface area contributed by atoms with E-state index in [1.54, 1.807) is 7.11 Å². The van der Waals surface area contributed by atoms with Gasteiger partial charge in [-0.15, -0.1) is 0 Å². The highest BCUT2D eigenvalue weighted by atomic mass is 16.5. The van der Waals surface area contributed by atoms with E-state index in [0.29, 0.717) is 5.92 Å². The summed E-state index contributed by atoms with van der Waals surface area (Å²) in [5.74, 6) is 1.38. The van der Waals surface area contributed by atoms with Gasteiger partial charge in [0.2, 0.25) is 0 Å². The summed E-state index contributed by atoms with van der Waals surface area (Å²) in [4.78, 5) is 0. The van der Waals surface area contributed by atoms with Crippen LogP contribution >= 0.6 is 0 Å². The molecule has 0 fully saturated rings. The Hall–Kier alpha value is -1.81. The number of hydrogen-bond donors (Lipinski definition) is 1. The Kier molecular flexibility index (Phi) is 3.74. The van der Waals surface area contributed by atoms with E-state index in [4.69, 9.17) is 4.74 Å². The number of rotatable bonds is 4. The summed E-state index contributed by atoms with van der Waals surface area (Å²) in [5, 5.41) is 7.91. The number of fused-ring (bicyclic) bond motifs is 1. The van der Waals surface area contributed by atoms with Gasteiger partial charge in [-0.2, -0.15) is 5.10 Å². The first-order valence-electron chi connectivity index (χ1n) is 7.20. The van der Waals surface area contributed by atoms with E-state index in [-0.39, 0.29) is 0 Å². The molecule has 1 aromatic heterocycles. The lowest BCUT2D eigenvalue weighted by atomic mass is 9.87. The number of aromatic nitrogens is 2. The number of methoxy groups -OCH3 is 1. The summed E-state index contributed by atoms with van der Waals surface area (Å²) < 4.78 is 7.49. The third-order valence-electron chi connectivity index (χ3n) is 4.07. The van der Waals surface area contributed by atoms with E-state index in [9.17, 15) is 0 Å². The molecule has 1 N–H and O–H groups in total. The Bertz CT molecular complexity index is 570. The fourth-order valence-electron chi connectivity index (χ4n) is 3.04. The molecule has 20 heavy (non-hydrogen) atoms. The Balaban J connectivity index is 1.91. The quantitative estimate of drug-likeness (QED) is 0.927. The summed E-state index contributed by atoms with van der Waals surface area (Å²) in [7, 11) is 1.72. The van der Waals surface area contributed by atoms with Crippen LogP contribution in [0.3, 0.4) is 0 Å². The van der Waals surface area contributed by atoms with Crippen LogP contribution in [0.2, 0.25) is 0 Å². The fraction of sp³-hybridized carbons (Fsp3) is 0.438. The number of benzene rings is 1. The van der Waals surface area contributed by atoms with Gasteiger partial charge >= 0.3 is 0 Å². The van der Waals surface area contributed by atoms with Crippen molar-refractivity contribution in [3.63, 3.8) is 0 Å². The van der Waals surface area contributed by atoms with Gasteiger partial charge in [0.15, 0.2) is 5.75 Å². The van der Waals surface area contributed by atoms with Crippen molar-refractivity contribution in [2.24, 2.45) is 0 Å². The predicted molar refractivity (Wildman–Crippen MR) is 79.0 cm³/mol. The average Bonchev–Trinajstić information content (AvgIpc) is 2.89. The monoisotopic (exact) mass is 271 g/mol. The second-order valence-corrected chi connectivity index (χ2v) is 5.21. The van der Waals surface area contributed by atoms with E-state index in [1.165, 1.54) is 16.8 Å². The standard InChI is InChI=1S/C16H21N3O/c1-3-19-15(16(20-2)11-18-19)8-13-10-17-9-12-6-4-5-7-14(12)13/h4-7,11,13,17H,3,8-10H2,1-2H3. The zero-order valence-corrected chi connectivity index (χ0v) is 12.1. The molecular weight excluding hydrogens is 250 g/mol. The smallest absolute Gasteiger partial charge is 0.159 e. The second kappa shape index (κ2) is 5.67. The van der Waals surface area contributed by atoms with Gasteiger partial charge in [0.1, 0.15) is 0 Å². The van der Waals surface area contributed by atoms with Crippen molar-refractivity contribution < 1.29 is 4.74 Å². The van der Waals surface area contributed by atoms with Gasteiger partial charge in [-0.25, -0.2) is 0 Å². The maximum atomic E-state index is 5.45. The molecule has 1 aliphatic rings. The summed E-state index contributed by atoms with van der Waals surface area (Å²) >= 11 is 0. The van der Waals surface area contributed by atoms with Crippen LogP contribution in [-0.4, -0.2) is 23.4 Å². The molecule has 1 aliphatic heterocycles. The van der Waals surface area contributed by atoms with Crippen LogP contribution in [0.1, 0.15) is 29.7 Å². The molecule has 0 spiro atoms. The van der Waals surface area contributed by atoms with Crippen LogP contribution in [-0.2, 0) is 19.5 Å². The van der Waals surface area contributed by atoms with Crippen molar-refractivity contribution >= 4 is 0 Å². The van der Waals surface area contributed by atoms with Crippen LogP contribution in [0.4, 0.5) is 0 Å². The molecule has 0 saturated heterocycles. The van der Waals surface area contributed by atoms with E-state index in [1.807, 2.05) is 10.9 Å². The molecule has 2 aromatic rings. The van der Waals surface area contributed by atoms with E-state index >= 15 is 0 Å². The zero-order valence-electron chi connectivity index (χ0n) is 12.1.